The maximum Gasteiger partial charge on any atom is 0.509 e. The summed E-state index contributed by atoms with van der Waals surface area (Å²) in [6.45, 7) is -2.77. The van der Waals surface area contributed by atoms with Crippen molar-refractivity contribution in [2.45, 2.75) is 42.9 Å². The summed E-state index contributed by atoms with van der Waals surface area (Å²) in [6.07, 6.45) is 4.18. The number of nitrogens with zero attached hydrogens (tertiary/aromatic N) is 2. The molecule has 5 heterocycles. The number of hydrogen-bond acceptors (Lipinski definition) is 3. The van der Waals surface area contributed by atoms with Crippen molar-refractivity contribution in [2.24, 2.45) is 11.8 Å². The Bertz CT molecular complexity index is 995. The highest BCUT2D eigenvalue weighted by Gasteiger charge is 2.71. The van der Waals surface area contributed by atoms with Gasteiger partial charge in [0.25, 0.3) is 0 Å². The second-order valence-corrected chi connectivity index (χ2v) is 9.61. The third-order valence-corrected chi connectivity index (χ3v) is 8.71. The van der Waals surface area contributed by atoms with Crippen molar-refractivity contribution in [1.82, 2.24) is 4.90 Å². The molecule has 1 saturated carbocycles. The largest absolute Gasteiger partial charge is 0.509 e. The van der Waals surface area contributed by atoms with Gasteiger partial charge in [0.15, 0.2) is 0 Å². The molecule has 0 aromatic heterocycles. The zero-order valence-electron chi connectivity index (χ0n) is 15.9. The van der Waals surface area contributed by atoms with Crippen molar-refractivity contribution in [1.29, 1.82) is 0 Å². The van der Waals surface area contributed by atoms with E-state index in [4.69, 9.17) is 4.74 Å². The van der Waals surface area contributed by atoms with Gasteiger partial charge in [0, 0.05) is 29.6 Å². The van der Waals surface area contributed by atoms with Crippen LogP contribution >= 0.6 is 0 Å². The number of fused-ring (bicyclic) bond motifs is 2. The van der Waals surface area contributed by atoms with Crippen LogP contribution in [0.2, 0.25) is 0 Å². The number of carbonyl (C=O) groups excluding carboxylic acids is 1. The normalized spacial score (nSPS) is 41.9. The quantitative estimate of drug-likeness (QED) is 0.534. The highest BCUT2D eigenvalue weighted by molar-refractivity contribution is 6.73. The molecular weight excluding hydrogens is 380 g/mol. The Morgan fingerprint density at radius 2 is 2.10 bits per heavy atom. The SMILES string of the molecule is O=C1CC2OCC=C3CN4CCC56c7cc([B-](F)(F)F)ccc7N1[C@H]5[C@H]2C3C[C@H]46. The number of benzene rings is 1. The summed E-state index contributed by atoms with van der Waals surface area (Å²) in [4.78, 5) is 17.6. The van der Waals surface area contributed by atoms with E-state index in [1.807, 2.05) is 4.90 Å². The maximum atomic E-state index is 13.6. The summed E-state index contributed by atoms with van der Waals surface area (Å²) in [7, 11) is 0. The summed E-state index contributed by atoms with van der Waals surface area (Å²) in [5, 5.41) is 0. The molecule has 7 rings (SSSR count). The molecule has 3 unspecified atom stereocenters. The highest BCUT2D eigenvalue weighted by Crippen LogP contribution is 2.65. The zero-order chi connectivity index (χ0) is 19.7. The number of halogens is 3. The topological polar surface area (TPSA) is 32.8 Å². The van der Waals surface area contributed by atoms with Gasteiger partial charge >= 0.3 is 6.98 Å². The molecule has 4 nitrogen and oxygen atoms in total. The molecule has 1 aromatic rings. The van der Waals surface area contributed by atoms with Crippen molar-refractivity contribution in [3.63, 3.8) is 0 Å². The molecule has 4 fully saturated rings. The summed E-state index contributed by atoms with van der Waals surface area (Å²) >= 11 is 0. The van der Waals surface area contributed by atoms with Crippen molar-refractivity contribution in [2.75, 3.05) is 24.6 Å². The van der Waals surface area contributed by atoms with Crippen LogP contribution in [0.4, 0.5) is 18.6 Å². The van der Waals surface area contributed by atoms with Crippen molar-refractivity contribution in [3.8, 4) is 0 Å². The molecule has 2 bridgehead atoms. The molecule has 1 spiro atoms. The zero-order valence-corrected chi connectivity index (χ0v) is 15.9. The maximum absolute atomic E-state index is 13.6. The van der Waals surface area contributed by atoms with Gasteiger partial charge in [-0.15, -0.1) is 5.46 Å². The second-order valence-electron chi connectivity index (χ2n) is 9.61. The Hall–Kier alpha value is -1.80. The third kappa shape index (κ3) is 1.85. The number of amides is 1. The summed E-state index contributed by atoms with van der Waals surface area (Å²) < 4.78 is 47.1. The van der Waals surface area contributed by atoms with Crippen LogP contribution in [0, 0.1) is 11.8 Å². The van der Waals surface area contributed by atoms with Crippen LogP contribution in [0.3, 0.4) is 0 Å². The van der Waals surface area contributed by atoms with Crippen molar-refractivity contribution in [3.05, 3.63) is 35.4 Å². The van der Waals surface area contributed by atoms with E-state index in [-0.39, 0.29) is 30.0 Å². The van der Waals surface area contributed by atoms with E-state index in [2.05, 4.69) is 11.0 Å². The third-order valence-electron chi connectivity index (χ3n) is 8.71. The van der Waals surface area contributed by atoms with Gasteiger partial charge in [-0.05, 0) is 36.9 Å². The van der Waals surface area contributed by atoms with Crippen molar-refractivity contribution >= 4 is 24.0 Å². The van der Waals surface area contributed by atoms with Gasteiger partial charge in [-0.2, -0.15) is 0 Å². The first-order chi connectivity index (χ1) is 13.9. The lowest BCUT2D eigenvalue weighted by Gasteiger charge is -2.58. The Kier molecular flexibility index (Phi) is 2.97. The lowest BCUT2D eigenvalue weighted by molar-refractivity contribution is -0.132. The smallest absolute Gasteiger partial charge is 0.445 e. The second kappa shape index (κ2) is 5.09. The van der Waals surface area contributed by atoms with Gasteiger partial charge in [-0.1, -0.05) is 23.8 Å². The van der Waals surface area contributed by atoms with E-state index in [9.17, 15) is 17.7 Å². The predicted octanol–water partition coefficient (Wildman–Crippen LogP) is 2.15. The Balaban J connectivity index is 1.51. The number of carbonyl (C=O) groups is 1. The number of ether oxygens (including phenoxy) is 1. The Morgan fingerprint density at radius 1 is 1.24 bits per heavy atom. The van der Waals surface area contributed by atoms with Crippen LogP contribution in [0.1, 0.15) is 24.8 Å². The van der Waals surface area contributed by atoms with E-state index < -0.39 is 17.9 Å². The standard InChI is InChI=1S/C21H21BF3N2O2/c23-22(24,25)12-1-2-15-14(7-12)21-4-5-26-10-11-3-6-29-16-9-18(28)27(15)20(21)19(16)13(11)8-17(21)26/h1-3,7,13,16-17,19-20H,4-6,8-10H2/q-1/t13?,16?,17-,19-,20-,21?/m0/s1. The fourth-order valence-electron chi connectivity index (χ4n) is 7.77. The molecule has 6 atom stereocenters. The minimum absolute atomic E-state index is 0.00140. The Labute approximate surface area is 166 Å². The minimum Gasteiger partial charge on any atom is -0.445 e. The summed E-state index contributed by atoms with van der Waals surface area (Å²) in [5.41, 5.74) is 1.94. The number of hydrogen-bond donors (Lipinski definition) is 0. The van der Waals surface area contributed by atoms with Crippen LogP contribution < -0.4 is 10.4 Å². The van der Waals surface area contributed by atoms with Crippen molar-refractivity contribution < 1.29 is 22.5 Å². The summed E-state index contributed by atoms with van der Waals surface area (Å²) in [5.74, 6) is 0.544. The average molecular weight is 401 g/mol. The first-order valence-electron chi connectivity index (χ1n) is 10.6. The highest BCUT2D eigenvalue weighted by atomic mass is 19.4. The predicted molar refractivity (Wildman–Crippen MR) is 102 cm³/mol. The van der Waals surface area contributed by atoms with Gasteiger partial charge in [0.05, 0.1) is 25.2 Å². The summed E-state index contributed by atoms with van der Waals surface area (Å²) in [6, 6.07) is 4.22. The van der Waals surface area contributed by atoms with Crippen LogP contribution in [0.15, 0.2) is 29.8 Å². The first-order valence-corrected chi connectivity index (χ1v) is 10.6. The molecule has 1 aromatic carbocycles. The molecular formula is C21H21BF3N2O2-. The Morgan fingerprint density at radius 3 is 2.93 bits per heavy atom. The minimum atomic E-state index is -5.08. The van der Waals surface area contributed by atoms with E-state index in [0.29, 0.717) is 24.6 Å². The van der Waals surface area contributed by atoms with E-state index in [0.717, 1.165) is 31.5 Å². The fraction of sp³-hybridized carbons (Fsp3) is 0.571. The van der Waals surface area contributed by atoms with Crippen LogP contribution in [0.25, 0.3) is 0 Å². The molecule has 3 saturated heterocycles. The monoisotopic (exact) mass is 401 g/mol. The molecule has 5 aliphatic heterocycles. The van der Waals surface area contributed by atoms with E-state index in [1.165, 1.54) is 17.7 Å². The number of rotatable bonds is 1. The van der Waals surface area contributed by atoms with Crippen LogP contribution in [-0.2, 0) is 14.9 Å². The van der Waals surface area contributed by atoms with Gasteiger partial charge in [-0.3, -0.25) is 9.69 Å². The van der Waals surface area contributed by atoms with E-state index >= 15 is 0 Å². The van der Waals surface area contributed by atoms with Gasteiger partial charge < -0.3 is 22.6 Å². The van der Waals surface area contributed by atoms with Crippen LogP contribution in [0.5, 0.6) is 0 Å². The first kappa shape index (κ1) is 16.9. The average Bonchev–Trinajstić information content (AvgIpc) is 3.14. The molecule has 0 N–H and O–H groups in total. The molecule has 152 valence electrons. The van der Waals surface area contributed by atoms with Crippen LogP contribution in [-0.4, -0.2) is 55.7 Å². The van der Waals surface area contributed by atoms with Gasteiger partial charge in [0.1, 0.15) is 0 Å². The molecule has 1 amide bonds. The number of piperidine rings is 2. The van der Waals surface area contributed by atoms with Gasteiger partial charge in [0.2, 0.25) is 5.91 Å². The molecule has 1 aliphatic carbocycles. The number of anilines is 1. The molecule has 6 aliphatic rings. The molecule has 29 heavy (non-hydrogen) atoms. The lowest BCUT2D eigenvalue weighted by Crippen LogP contribution is -2.69. The fourth-order valence-corrected chi connectivity index (χ4v) is 7.77. The molecule has 8 heteroatoms. The van der Waals surface area contributed by atoms with E-state index in [1.54, 1.807) is 6.07 Å². The lowest BCUT2D eigenvalue weighted by atomic mass is 9.53. The van der Waals surface area contributed by atoms with Gasteiger partial charge in [-0.25, -0.2) is 0 Å². The molecule has 0 radical (unpaired) electrons.